The predicted octanol–water partition coefficient (Wildman–Crippen LogP) is 0.884. The quantitative estimate of drug-likeness (QED) is 0.474. The van der Waals surface area contributed by atoms with E-state index in [1.54, 1.807) is 0 Å². The Bertz CT molecular complexity index is 95.7. The van der Waals surface area contributed by atoms with E-state index in [0.717, 1.165) is 0 Å². The van der Waals surface area contributed by atoms with Gasteiger partial charge in [-0.1, -0.05) is 19.6 Å². The van der Waals surface area contributed by atoms with Crippen LogP contribution in [0.2, 0.25) is 25.7 Å². The van der Waals surface area contributed by atoms with Crippen molar-refractivity contribution in [2.24, 2.45) is 0 Å². The Balaban J connectivity index is 3.59. The molecule has 0 saturated heterocycles. The molecule has 0 rings (SSSR count). The van der Waals surface area contributed by atoms with Gasteiger partial charge in [0.15, 0.2) is 0 Å². The molecule has 0 unspecified atom stereocenters. The van der Waals surface area contributed by atoms with Crippen molar-refractivity contribution in [1.82, 2.24) is 0 Å². The first kappa shape index (κ1) is 8.85. The third-order valence-corrected chi connectivity index (χ3v) is 2.62. The molecule has 0 spiro atoms. The van der Waals surface area contributed by atoms with Gasteiger partial charge in [-0.2, -0.15) is 0 Å². The number of carbonyl (C=O) groups excluding carboxylic acids is 1. The van der Waals surface area contributed by atoms with Crippen LogP contribution in [-0.2, 0) is 4.79 Å². The number of hydrogen-bond acceptors (Lipinski definition) is 2. The number of aliphatic hydroxyl groups excluding tert-OH is 1. The lowest BCUT2D eigenvalue weighted by atomic mass is 10.5. The Labute approximate surface area is 56.9 Å². The molecule has 0 heterocycles. The van der Waals surface area contributed by atoms with Crippen LogP contribution in [0.4, 0.5) is 0 Å². The normalized spacial score (nSPS) is 15.1. The van der Waals surface area contributed by atoms with Gasteiger partial charge in [-0.25, -0.2) is 0 Å². The van der Waals surface area contributed by atoms with Crippen LogP contribution in [0, 0.1) is 0 Å². The van der Waals surface area contributed by atoms with Crippen molar-refractivity contribution < 1.29 is 9.90 Å². The van der Waals surface area contributed by atoms with E-state index in [1.165, 1.54) is 0 Å². The highest BCUT2D eigenvalue weighted by atomic mass is 28.3. The van der Waals surface area contributed by atoms with Gasteiger partial charge in [-0.05, 0) is 6.04 Å². The second-order valence-electron chi connectivity index (χ2n) is 3.47. The van der Waals surface area contributed by atoms with Crippen molar-refractivity contribution in [3.05, 3.63) is 0 Å². The first-order valence-corrected chi connectivity index (χ1v) is 6.80. The lowest BCUT2D eigenvalue weighted by Crippen LogP contribution is -2.27. The molecular weight excluding hydrogens is 132 g/mol. The van der Waals surface area contributed by atoms with Gasteiger partial charge in [0, 0.05) is 8.07 Å². The molecule has 2 nitrogen and oxygen atoms in total. The first-order valence-electron chi connectivity index (χ1n) is 3.09. The Morgan fingerprint density at radius 2 is 2.00 bits per heavy atom. The molecule has 0 aromatic rings. The van der Waals surface area contributed by atoms with Crippen molar-refractivity contribution in [3.8, 4) is 0 Å². The second-order valence-corrected chi connectivity index (χ2v) is 9.00. The van der Waals surface area contributed by atoms with Gasteiger partial charge in [-0.3, -0.25) is 0 Å². The SMILES string of the molecule is C[Si](C)(C)C[C@@H](O)C=O. The van der Waals surface area contributed by atoms with Gasteiger partial charge in [-0.15, -0.1) is 0 Å². The molecule has 0 radical (unpaired) electrons. The van der Waals surface area contributed by atoms with Crippen LogP contribution in [0.5, 0.6) is 0 Å². The van der Waals surface area contributed by atoms with Crippen LogP contribution in [0.1, 0.15) is 0 Å². The fourth-order valence-electron chi connectivity index (χ4n) is 0.676. The maximum Gasteiger partial charge on any atom is 0.148 e. The number of carbonyl (C=O) groups is 1. The summed E-state index contributed by atoms with van der Waals surface area (Å²) >= 11 is 0. The number of aldehydes is 1. The fraction of sp³-hybridized carbons (Fsp3) is 0.833. The zero-order chi connectivity index (χ0) is 7.49. The minimum Gasteiger partial charge on any atom is -0.386 e. The zero-order valence-electron chi connectivity index (χ0n) is 6.22. The smallest absolute Gasteiger partial charge is 0.148 e. The zero-order valence-corrected chi connectivity index (χ0v) is 7.22. The number of aliphatic hydroxyl groups is 1. The highest BCUT2D eigenvalue weighted by molar-refractivity contribution is 6.76. The highest BCUT2D eigenvalue weighted by Crippen LogP contribution is 2.09. The Morgan fingerprint density at radius 3 is 2.11 bits per heavy atom. The molecule has 0 aliphatic heterocycles. The monoisotopic (exact) mass is 146 g/mol. The fourth-order valence-corrected chi connectivity index (χ4v) is 2.03. The summed E-state index contributed by atoms with van der Waals surface area (Å²) in [5, 5.41) is 8.86. The van der Waals surface area contributed by atoms with Crippen LogP contribution in [-0.4, -0.2) is 25.6 Å². The van der Waals surface area contributed by atoms with Crippen LogP contribution in [0.15, 0.2) is 0 Å². The standard InChI is InChI=1S/C6H14O2Si/c1-9(2,3)5-6(8)4-7/h4,6,8H,5H2,1-3H3/t6-/m0/s1. The molecule has 0 amide bonds. The third-order valence-electron chi connectivity index (χ3n) is 0.979. The van der Waals surface area contributed by atoms with E-state index in [9.17, 15) is 4.79 Å². The van der Waals surface area contributed by atoms with Crippen LogP contribution in [0.25, 0.3) is 0 Å². The van der Waals surface area contributed by atoms with E-state index in [2.05, 4.69) is 19.6 Å². The number of rotatable bonds is 3. The van der Waals surface area contributed by atoms with Crippen molar-refractivity contribution >= 4 is 14.4 Å². The second kappa shape index (κ2) is 3.13. The molecule has 9 heavy (non-hydrogen) atoms. The van der Waals surface area contributed by atoms with Crippen molar-refractivity contribution in [3.63, 3.8) is 0 Å². The molecule has 0 aliphatic rings. The summed E-state index contributed by atoms with van der Waals surface area (Å²) in [5.41, 5.74) is 0. The van der Waals surface area contributed by atoms with Crippen molar-refractivity contribution in [2.75, 3.05) is 0 Å². The molecule has 0 bridgehead atoms. The summed E-state index contributed by atoms with van der Waals surface area (Å²) in [5.74, 6) is 0. The topological polar surface area (TPSA) is 37.3 Å². The molecule has 0 fully saturated rings. The summed E-state index contributed by atoms with van der Waals surface area (Å²) in [6.07, 6.45) is -0.116. The molecule has 0 aliphatic carbocycles. The molecule has 54 valence electrons. The maximum atomic E-state index is 9.95. The molecular formula is C6H14O2Si. The Hall–Kier alpha value is -0.153. The summed E-state index contributed by atoms with van der Waals surface area (Å²) in [4.78, 5) is 9.95. The van der Waals surface area contributed by atoms with Gasteiger partial charge < -0.3 is 9.90 Å². The van der Waals surface area contributed by atoms with Gasteiger partial charge >= 0.3 is 0 Å². The maximum absolute atomic E-state index is 9.95. The van der Waals surface area contributed by atoms with Gasteiger partial charge in [0.2, 0.25) is 0 Å². The molecule has 1 atom stereocenters. The minimum absolute atomic E-state index is 0.609. The summed E-state index contributed by atoms with van der Waals surface area (Å²) in [6, 6.07) is 0.677. The minimum atomic E-state index is -1.22. The summed E-state index contributed by atoms with van der Waals surface area (Å²) in [6.45, 7) is 6.37. The average Bonchev–Trinajstić information content (AvgIpc) is 1.62. The van der Waals surface area contributed by atoms with Crippen LogP contribution in [0.3, 0.4) is 0 Å². The van der Waals surface area contributed by atoms with Crippen molar-refractivity contribution in [1.29, 1.82) is 0 Å². The predicted molar refractivity (Wildman–Crippen MR) is 40.2 cm³/mol. The van der Waals surface area contributed by atoms with Gasteiger partial charge in [0.1, 0.15) is 12.4 Å². The largest absolute Gasteiger partial charge is 0.386 e. The molecule has 0 saturated carbocycles. The first-order chi connectivity index (χ1) is 3.95. The van der Waals surface area contributed by atoms with Crippen LogP contribution >= 0.6 is 0 Å². The average molecular weight is 146 g/mol. The van der Waals surface area contributed by atoms with E-state index >= 15 is 0 Å². The molecule has 0 aromatic carbocycles. The molecule has 0 aromatic heterocycles. The molecule has 3 heteroatoms. The van der Waals surface area contributed by atoms with E-state index < -0.39 is 14.2 Å². The van der Waals surface area contributed by atoms with E-state index in [1.807, 2.05) is 0 Å². The van der Waals surface area contributed by atoms with Crippen LogP contribution < -0.4 is 0 Å². The highest BCUT2D eigenvalue weighted by Gasteiger charge is 2.17. The Morgan fingerprint density at radius 1 is 1.56 bits per heavy atom. The van der Waals surface area contributed by atoms with Gasteiger partial charge in [0.25, 0.3) is 0 Å². The van der Waals surface area contributed by atoms with Crippen molar-refractivity contribution in [2.45, 2.75) is 31.8 Å². The summed E-state index contributed by atoms with van der Waals surface area (Å²) < 4.78 is 0. The number of hydrogen-bond donors (Lipinski definition) is 1. The van der Waals surface area contributed by atoms with E-state index in [4.69, 9.17) is 5.11 Å². The van der Waals surface area contributed by atoms with Gasteiger partial charge in [0.05, 0.1) is 0 Å². The molecule has 1 N–H and O–H groups in total. The van der Waals surface area contributed by atoms with E-state index in [-0.39, 0.29) is 0 Å². The third kappa shape index (κ3) is 5.72. The van der Waals surface area contributed by atoms with E-state index in [0.29, 0.717) is 12.3 Å². The Kier molecular flexibility index (Phi) is 3.07. The lowest BCUT2D eigenvalue weighted by molar-refractivity contribution is -0.114. The summed E-state index contributed by atoms with van der Waals surface area (Å²) in [7, 11) is -1.22. The lowest BCUT2D eigenvalue weighted by Gasteiger charge is -2.16.